The van der Waals surface area contributed by atoms with Crippen molar-refractivity contribution in [3.63, 3.8) is 0 Å². The molecule has 2 aromatic rings. The van der Waals surface area contributed by atoms with Crippen molar-refractivity contribution in [3.05, 3.63) is 45.6 Å². The van der Waals surface area contributed by atoms with Gasteiger partial charge in [-0.15, -0.1) is 11.3 Å². The van der Waals surface area contributed by atoms with Crippen LogP contribution in [0.3, 0.4) is 0 Å². The van der Waals surface area contributed by atoms with Crippen molar-refractivity contribution in [1.29, 1.82) is 0 Å². The molecule has 1 heterocycles. The molecule has 0 amide bonds. The van der Waals surface area contributed by atoms with Crippen LogP contribution < -0.4 is 10.0 Å². The first-order chi connectivity index (χ1) is 9.96. The minimum atomic E-state index is -3.41. The van der Waals surface area contributed by atoms with E-state index in [2.05, 4.69) is 29.1 Å². The Labute approximate surface area is 130 Å². The topological polar surface area (TPSA) is 58.2 Å². The molecule has 1 aromatic heterocycles. The van der Waals surface area contributed by atoms with E-state index in [1.54, 1.807) is 23.5 Å². The van der Waals surface area contributed by atoms with Crippen LogP contribution in [-0.4, -0.2) is 15.5 Å². The first-order valence-corrected chi connectivity index (χ1v) is 9.12. The third kappa shape index (κ3) is 3.84. The van der Waals surface area contributed by atoms with Gasteiger partial charge in [0.25, 0.3) is 0 Å². The summed E-state index contributed by atoms with van der Waals surface area (Å²) in [5.41, 5.74) is 1.87. The lowest BCUT2D eigenvalue weighted by Gasteiger charge is -2.11. The average molecular weight is 324 g/mol. The molecule has 0 fully saturated rings. The van der Waals surface area contributed by atoms with Crippen LogP contribution in [0.15, 0.2) is 35.2 Å². The average Bonchev–Trinajstić information content (AvgIpc) is 2.94. The van der Waals surface area contributed by atoms with Crippen molar-refractivity contribution in [1.82, 2.24) is 4.72 Å². The molecule has 0 saturated heterocycles. The molecule has 0 aliphatic carbocycles. The van der Waals surface area contributed by atoms with E-state index in [9.17, 15) is 8.42 Å². The van der Waals surface area contributed by atoms with Crippen LogP contribution in [0.5, 0.6) is 0 Å². The van der Waals surface area contributed by atoms with Crippen LogP contribution in [0, 0.1) is 6.92 Å². The lowest BCUT2D eigenvalue weighted by molar-refractivity contribution is 0.588. The summed E-state index contributed by atoms with van der Waals surface area (Å²) in [7, 11) is -1.99. The van der Waals surface area contributed by atoms with E-state index in [1.165, 1.54) is 16.8 Å². The Morgan fingerprint density at radius 3 is 2.48 bits per heavy atom. The predicted molar refractivity (Wildman–Crippen MR) is 88.4 cm³/mol. The maximum atomic E-state index is 11.8. The van der Waals surface area contributed by atoms with Gasteiger partial charge in [0.2, 0.25) is 10.0 Å². The standard InChI is InChI=1S/C15H20N2O2S2/c1-4-12-6-7-13(20-12)10-17-15-9-14(8-5-11(15)2)21(18,19)16-3/h5-9,16-17H,4,10H2,1-3H3. The molecule has 0 radical (unpaired) electrons. The Kier molecular flexibility index (Phi) is 5.03. The highest BCUT2D eigenvalue weighted by atomic mass is 32.2. The number of rotatable bonds is 6. The number of aryl methyl sites for hydroxylation is 2. The Morgan fingerprint density at radius 2 is 1.86 bits per heavy atom. The van der Waals surface area contributed by atoms with Gasteiger partial charge in [-0.05, 0) is 50.2 Å². The molecule has 1 aromatic carbocycles. The van der Waals surface area contributed by atoms with Gasteiger partial charge in [0.15, 0.2) is 0 Å². The number of anilines is 1. The largest absolute Gasteiger partial charge is 0.380 e. The summed E-state index contributed by atoms with van der Waals surface area (Å²) in [6.45, 7) is 4.80. The van der Waals surface area contributed by atoms with Gasteiger partial charge in [-0.25, -0.2) is 13.1 Å². The lowest BCUT2D eigenvalue weighted by atomic mass is 10.2. The summed E-state index contributed by atoms with van der Waals surface area (Å²) < 4.78 is 26.0. The molecule has 6 heteroatoms. The van der Waals surface area contributed by atoms with Gasteiger partial charge in [0.05, 0.1) is 4.90 Å². The normalized spacial score (nSPS) is 11.6. The number of hydrogen-bond acceptors (Lipinski definition) is 4. The van der Waals surface area contributed by atoms with E-state index in [4.69, 9.17) is 0 Å². The SMILES string of the molecule is CCc1ccc(CNc2cc(S(=O)(=O)NC)ccc2C)s1. The summed E-state index contributed by atoms with van der Waals surface area (Å²) in [5, 5.41) is 3.32. The van der Waals surface area contributed by atoms with Crippen molar-refractivity contribution in [2.45, 2.75) is 31.7 Å². The first-order valence-electron chi connectivity index (χ1n) is 6.82. The zero-order valence-corrected chi connectivity index (χ0v) is 14.1. The number of hydrogen-bond donors (Lipinski definition) is 2. The van der Waals surface area contributed by atoms with Gasteiger partial charge < -0.3 is 5.32 Å². The van der Waals surface area contributed by atoms with Crippen LogP contribution in [0.25, 0.3) is 0 Å². The zero-order valence-electron chi connectivity index (χ0n) is 12.4. The minimum absolute atomic E-state index is 0.276. The monoisotopic (exact) mass is 324 g/mol. The van der Waals surface area contributed by atoms with E-state index in [0.29, 0.717) is 6.54 Å². The number of sulfonamides is 1. The highest BCUT2D eigenvalue weighted by Gasteiger charge is 2.12. The van der Waals surface area contributed by atoms with Crippen LogP contribution in [0.2, 0.25) is 0 Å². The van der Waals surface area contributed by atoms with E-state index < -0.39 is 10.0 Å². The van der Waals surface area contributed by atoms with Crippen LogP contribution in [0.1, 0.15) is 22.2 Å². The molecule has 4 nitrogen and oxygen atoms in total. The minimum Gasteiger partial charge on any atom is -0.380 e. The maximum Gasteiger partial charge on any atom is 0.240 e. The molecule has 114 valence electrons. The molecule has 2 N–H and O–H groups in total. The molecule has 0 bridgehead atoms. The molecule has 0 atom stereocenters. The second kappa shape index (κ2) is 6.60. The van der Waals surface area contributed by atoms with Gasteiger partial charge in [-0.3, -0.25) is 0 Å². The molecule has 21 heavy (non-hydrogen) atoms. The highest BCUT2D eigenvalue weighted by Crippen LogP contribution is 2.23. The molecule has 2 rings (SSSR count). The fraction of sp³-hybridized carbons (Fsp3) is 0.333. The van der Waals surface area contributed by atoms with Crippen LogP contribution >= 0.6 is 11.3 Å². The predicted octanol–water partition coefficient (Wildman–Crippen LogP) is 3.14. The summed E-state index contributed by atoms with van der Waals surface area (Å²) in [5.74, 6) is 0. The summed E-state index contributed by atoms with van der Waals surface area (Å²) in [4.78, 5) is 2.88. The zero-order chi connectivity index (χ0) is 15.5. The third-order valence-electron chi connectivity index (χ3n) is 3.31. The Hall–Kier alpha value is -1.37. The third-order valence-corrected chi connectivity index (χ3v) is 5.95. The number of benzene rings is 1. The van der Waals surface area contributed by atoms with Crippen molar-refractivity contribution in [3.8, 4) is 0 Å². The molecular formula is C15H20N2O2S2. The van der Waals surface area contributed by atoms with Gasteiger partial charge in [0.1, 0.15) is 0 Å². The molecule has 0 unspecified atom stereocenters. The van der Waals surface area contributed by atoms with Crippen LogP contribution in [0.4, 0.5) is 5.69 Å². The second-order valence-electron chi connectivity index (χ2n) is 4.76. The van der Waals surface area contributed by atoms with Gasteiger partial charge in [-0.2, -0.15) is 0 Å². The summed E-state index contributed by atoms with van der Waals surface area (Å²) in [6.07, 6.45) is 1.04. The Bertz CT molecular complexity index is 721. The molecule has 0 spiro atoms. The van der Waals surface area contributed by atoms with Crippen molar-refractivity contribution >= 4 is 27.0 Å². The lowest BCUT2D eigenvalue weighted by Crippen LogP contribution is -2.18. The van der Waals surface area contributed by atoms with E-state index in [1.807, 2.05) is 13.0 Å². The van der Waals surface area contributed by atoms with E-state index in [-0.39, 0.29) is 4.90 Å². The van der Waals surface area contributed by atoms with Crippen molar-refractivity contribution in [2.24, 2.45) is 0 Å². The molecular weight excluding hydrogens is 304 g/mol. The molecule has 0 saturated carbocycles. The van der Waals surface area contributed by atoms with E-state index >= 15 is 0 Å². The Balaban J connectivity index is 2.17. The smallest absolute Gasteiger partial charge is 0.240 e. The Morgan fingerprint density at radius 1 is 1.14 bits per heavy atom. The van der Waals surface area contributed by atoms with Gasteiger partial charge >= 0.3 is 0 Å². The highest BCUT2D eigenvalue weighted by molar-refractivity contribution is 7.89. The van der Waals surface area contributed by atoms with Crippen molar-refractivity contribution in [2.75, 3.05) is 12.4 Å². The first kappa shape index (κ1) is 16.0. The van der Waals surface area contributed by atoms with Crippen LogP contribution in [-0.2, 0) is 23.0 Å². The number of nitrogens with one attached hydrogen (secondary N) is 2. The second-order valence-corrected chi connectivity index (χ2v) is 7.90. The maximum absolute atomic E-state index is 11.8. The summed E-state index contributed by atoms with van der Waals surface area (Å²) >= 11 is 1.78. The summed E-state index contributed by atoms with van der Waals surface area (Å²) in [6, 6.07) is 9.36. The van der Waals surface area contributed by atoms with Gasteiger partial charge in [-0.1, -0.05) is 13.0 Å². The fourth-order valence-corrected chi connectivity index (χ4v) is 3.62. The fourth-order valence-electron chi connectivity index (χ4n) is 1.97. The molecule has 0 aliphatic heterocycles. The van der Waals surface area contributed by atoms with E-state index in [0.717, 1.165) is 17.7 Å². The number of thiophene rings is 1. The molecule has 0 aliphatic rings. The van der Waals surface area contributed by atoms with Gasteiger partial charge in [0, 0.05) is 22.0 Å². The van der Waals surface area contributed by atoms with Crippen molar-refractivity contribution < 1.29 is 8.42 Å². The quantitative estimate of drug-likeness (QED) is 0.858.